The zero-order valence-electron chi connectivity index (χ0n) is 14.8. The van der Waals surface area contributed by atoms with Crippen molar-refractivity contribution in [2.45, 2.75) is 63.7 Å². The fourth-order valence-corrected chi connectivity index (χ4v) is 4.68. The van der Waals surface area contributed by atoms with Crippen LogP contribution in [0.5, 0.6) is 5.75 Å². The molecule has 0 aliphatic heterocycles. The topological polar surface area (TPSA) is 9.23 Å². The first-order valence-electron chi connectivity index (χ1n) is 9.24. The summed E-state index contributed by atoms with van der Waals surface area (Å²) in [7, 11) is 1.24. The van der Waals surface area contributed by atoms with E-state index in [2.05, 4.69) is 6.92 Å². The van der Waals surface area contributed by atoms with Crippen molar-refractivity contribution in [2.24, 2.45) is 17.8 Å². The number of benzene rings is 1. The standard InChI is InChI=1S/C20H26F4O/c1-11-3-5-12(6-4-11)13-7-8-14(18(22)17(13)21)15-9-10-16(25-2)20(24)19(15)23/h9-14,17-18H,3-8H2,1-2H3/t11?,12?,13?,14-,17?,18?/m0/s1. The highest BCUT2D eigenvalue weighted by molar-refractivity contribution is 5.34. The lowest BCUT2D eigenvalue weighted by atomic mass is 9.67. The first-order chi connectivity index (χ1) is 11.9. The molecule has 25 heavy (non-hydrogen) atoms. The van der Waals surface area contributed by atoms with Crippen LogP contribution in [0.15, 0.2) is 12.1 Å². The van der Waals surface area contributed by atoms with Gasteiger partial charge in [0.1, 0.15) is 12.3 Å². The predicted molar refractivity (Wildman–Crippen MR) is 89.3 cm³/mol. The minimum Gasteiger partial charge on any atom is -0.494 e. The van der Waals surface area contributed by atoms with Gasteiger partial charge in [0.2, 0.25) is 5.82 Å². The van der Waals surface area contributed by atoms with Crippen molar-refractivity contribution >= 4 is 0 Å². The zero-order valence-corrected chi connectivity index (χ0v) is 14.8. The Hall–Kier alpha value is -1.26. The fraction of sp³-hybridized carbons (Fsp3) is 0.700. The third-order valence-corrected chi connectivity index (χ3v) is 6.27. The molecule has 0 N–H and O–H groups in total. The molecule has 2 saturated carbocycles. The lowest BCUT2D eigenvalue weighted by Gasteiger charge is -2.41. The van der Waals surface area contributed by atoms with Crippen molar-refractivity contribution < 1.29 is 22.3 Å². The Labute approximate surface area is 146 Å². The van der Waals surface area contributed by atoms with Gasteiger partial charge in [0, 0.05) is 5.92 Å². The summed E-state index contributed by atoms with van der Waals surface area (Å²) in [4.78, 5) is 0. The molecule has 2 aliphatic rings. The molecule has 0 bridgehead atoms. The summed E-state index contributed by atoms with van der Waals surface area (Å²) in [6.45, 7) is 2.19. The minimum atomic E-state index is -1.79. The summed E-state index contributed by atoms with van der Waals surface area (Å²) in [5.41, 5.74) is -0.0795. The van der Waals surface area contributed by atoms with Gasteiger partial charge in [0.15, 0.2) is 11.6 Å². The van der Waals surface area contributed by atoms with Crippen LogP contribution in [-0.4, -0.2) is 19.5 Å². The molecule has 3 rings (SSSR count). The van der Waals surface area contributed by atoms with Crippen molar-refractivity contribution in [3.8, 4) is 5.75 Å². The molecular weight excluding hydrogens is 332 g/mol. The number of methoxy groups -OCH3 is 1. The van der Waals surface area contributed by atoms with Gasteiger partial charge in [-0.1, -0.05) is 25.8 Å². The Balaban J connectivity index is 1.76. The highest BCUT2D eigenvalue weighted by Gasteiger charge is 2.45. The van der Waals surface area contributed by atoms with Crippen molar-refractivity contribution in [2.75, 3.05) is 7.11 Å². The first kappa shape index (κ1) is 18.5. The lowest BCUT2D eigenvalue weighted by molar-refractivity contribution is 0.00877. The van der Waals surface area contributed by atoms with Crippen LogP contribution < -0.4 is 4.74 Å². The van der Waals surface area contributed by atoms with Gasteiger partial charge in [-0.3, -0.25) is 0 Å². The third-order valence-electron chi connectivity index (χ3n) is 6.27. The quantitative estimate of drug-likeness (QED) is 0.605. The van der Waals surface area contributed by atoms with E-state index in [9.17, 15) is 17.6 Å². The number of hydrogen-bond donors (Lipinski definition) is 0. The molecule has 4 atom stereocenters. The van der Waals surface area contributed by atoms with Crippen LogP contribution in [0.1, 0.15) is 56.9 Å². The SMILES string of the molecule is COc1ccc([C@@H]2CCC(C3CCC(C)CC3)C(F)C2F)c(F)c1F. The second-order valence-electron chi connectivity index (χ2n) is 7.74. The summed E-state index contributed by atoms with van der Waals surface area (Å²) in [5.74, 6) is -2.85. The van der Waals surface area contributed by atoms with Crippen molar-refractivity contribution in [1.29, 1.82) is 0 Å². The van der Waals surface area contributed by atoms with Crippen molar-refractivity contribution in [3.05, 3.63) is 29.3 Å². The molecule has 0 aromatic heterocycles. The largest absolute Gasteiger partial charge is 0.494 e. The first-order valence-corrected chi connectivity index (χ1v) is 9.24. The molecule has 2 aliphatic carbocycles. The number of hydrogen-bond acceptors (Lipinski definition) is 1. The molecule has 1 aromatic rings. The summed E-state index contributed by atoms with van der Waals surface area (Å²) in [6.07, 6.45) is 1.48. The Bertz CT molecular complexity index is 598. The number of rotatable bonds is 3. The van der Waals surface area contributed by atoms with Crippen LogP contribution in [0.4, 0.5) is 17.6 Å². The van der Waals surface area contributed by atoms with Crippen LogP contribution in [0.2, 0.25) is 0 Å². The van der Waals surface area contributed by atoms with E-state index in [1.165, 1.54) is 19.2 Å². The van der Waals surface area contributed by atoms with E-state index in [0.717, 1.165) is 25.7 Å². The molecule has 1 aromatic carbocycles. The van der Waals surface area contributed by atoms with E-state index >= 15 is 0 Å². The summed E-state index contributed by atoms with van der Waals surface area (Å²) in [6, 6.07) is 2.60. The van der Waals surface area contributed by atoms with E-state index in [0.29, 0.717) is 18.8 Å². The van der Waals surface area contributed by atoms with E-state index in [1.807, 2.05) is 0 Å². The average molecular weight is 358 g/mol. The van der Waals surface area contributed by atoms with Gasteiger partial charge >= 0.3 is 0 Å². The van der Waals surface area contributed by atoms with Gasteiger partial charge in [0.05, 0.1) is 7.11 Å². The van der Waals surface area contributed by atoms with Crippen LogP contribution in [0.3, 0.4) is 0 Å². The molecule has 0 amide bonds. The maximum absolute atomic E-state index is 14.8. The normalized spacial score (nSPS) is 36.2. The zero-order chi connectivity index (χ0) is 18.1. The number of ether oxygens (including phenoxy) is 1. The average Bonchev–Trinajstić information content (AvgIpc) is 2.61. The van der Waals surface area contributed by atoms with E-state index in [-0.39, 0.29) is 23.1 Å². The second-order valence-corrected chi connectivity index (χ2v) is 7.74. The van der Waals surface area contributed by atoms with Crippen molar-refractivity contribution in [1.82, 2.24) is 0 Å². The maximum Gasteiger partial charge on any atom is 0.200 e. The van der Waals surface area contributed by atoms with Crippen LogP contribution in [0.25, 0.3) is 0 Å². The maximum atomic E-state index is 14.8. The van der Waals surface area contributed by atoms with Crippen LogP contribution >= 0.6 is 0 Å². The monoisotopic (exact) mass is 358 g/mol. The Morgan fingerprint density at radius 2 is 1.56 bits per heavy atom. The molecule has 3 unspecified atom stereocenters. The summed E-state index contributed by atoms with van der Waals surface area (Å²) in [5, 5.41) is 0. The number of halogens is 4. The van der Waals surface area contributed by atoms with E-state index in [4.69, 9.17) is 4.74 Å². The molecule has 1 nitrogen and oxygen atoms in total. The van der Waals surface area contributed by atoms with Gasteiger partial charge in [0.25, 0.3) is 0 Å². The smallest absolute Gasteiger partial charge is 0.200 e. The second kappa shape index (κ2) is 7.55. The highest BCUT2D eigenvalue weighted by Crippen LogP contribution is 2.47. The lowest BCUT2D eigenvalue weighted by Crippen LogP contribution is -2.41. The van der Waals surface area contributed by atoms with E-state index in [1.54, 1.807) is 0 Å². The predicted octanol–water partition coefficient (Wildman–Crippen LogP) is 5.97. The van der Waals surface area contributed by atoms with Crippen molar-refractivity contribution in [3.63, 3.8) is 0 Å². The molecule has 140 valence electrons. The van der Waals surface area contributed by atoms with Gasteiger partial charge in [-0.25, -0.2) is 13.2 Å². The fourth-order valence-electron chi connectivity index (χ4n) is 4.68. The minimum absolute atomic E-state index is 0.0795. The van der Waals surface area contributed by atoms with Gasteiger partial charge in [-0.05, 0) is 55.1 Å². The Morgan fingerprint density at radius 3 is 2.20 bits per heavy atom. The Morgan fingerprint density at radius 1 is 0.880 bits per heavy atom. The molecule has 2 fully saturated rings. The van der Waals surface area contributed by atoms with Gasteiger partial charge < -0.3 is 4.74 Å². The number of alkyl halides is 2. The molecule has 0 heterocycles. The molecule has 0 spiro atoms. The Kier molecular flexibility index (Phi) is 5.59. The van der Waals surface area contributed by atoms with Gasteiger partial charge in [-0.15, -0.1) is 0 Å². The van der Waals surface area contributed by atoms with Crippen LogP contribution in [-0.2, 0) is 0 Å². The van der Waals surface area contributed by atoms with Crippen LogP contribution in [0, 0.1) is 29.4 Å². The summed E-state index contributed by atoms with van der Waals surface area (Å²) < 4.78 is 62.6. The highest BCUT2D eigenvalue weighted by atomic mass is 19.2. The molecule has 0 saturated heterocycles. The van der Waals surface area contributed by atoms with E-state index < -0.39 is 29.9 Å². The molecular formula is C20H26F4O. The molecule has 0 radical (unpaired) electrons. The van der Waals surface area contributed by atoms with Gasteiger partial charge in [-0.2, -0.15) is 4.39 Å². The summed E-state index contributed by atoms with van der Waals surface area (Å²) >= 11 is 0. The molecule has 5 heteroatoms. The third kappa shape index (κ3) is 3.52.